The molecule has 0 amide bonds. The molecule has 1 aliphatic rings. The Morgan fingerprint density at radius 1 is 1.44 bits per heavy atom. The van der Waals surface area contributed by atoms with Crippen molar-refractivity contribution in [2.24, 2.45) is 5.92 Å². The summed E-state index contributed by atoms with van der Waals surface area (Å²) in [4.78, 5) is 11.8. The number of carbonyl (C=O) groups excluding carboxylic acids is 1. The molecule has 1 N–H and O–H groups in total. The number of methoxy groups -OCH3 is 1. The van der Waals surface area contributed by atoms with E-state index in [1.165, 1.54) is 19.2 Å². The molecule has 1 aromatic rings. The minimum atomic E-state index is -0.376. The van der Waals surface area contributed by atoms with E-state index in [2.05, 4.69) is 5.32 Å². The average molecular weight is 251 g/mol. The van der Waals surface area contributed by atoms with Crippen molar-refractivity contribution in [1.82, 2.24) is 0 Å². The van der Waals surface area contributed by atoms with Crippen molar-refractivity contribution in [3.63, 3.8) is 0 Å². The van der Waals surface area contributed by atoms with Crippen LogP contribution < -0.4 is 5.32 Å². The van der Waals surface area contributed by atoms with Crippen molar-refractivity contribution in [2.45, 2.75) is 31.7 Å². The van der Waals surface area contributed by atoms with Crippen LogP contribution in [0.25, 0.3) is 0 Å². The molecule has 4 heteroatoms. The van der Waals surface area contributed by atoms with Gasteiger partial charge in [-0.25, -0.2) is 9.18 Å². The summed E-state index contributed by atoms with van der Waals surface area (Å²) in [5.41, 5.74) is 0.622. The fourth-order valence-electron chi connectivity index (χ4n) is 2.54. The first-order chi connectivity index (χ1) is 8.70. The van der Waals surface area contributed by atoms with Gasteiger partial charge in [0.1, 0.15) is 11.9 Å². The monoisotopic (exact) mass is 251 g/mol. The maximum atomic E-state index is 13.1. The molecule has 1 unspecified atom stereocenters. The van der Waals surface area contributed by atoms with Crippen molar-refractivity contribution in [2.75, 3.05) is 12.4 Å². The predicted molar refractivity (Wildman–Crippen MR) is 67.8 cm³/mol. The molecular formula is C14H18FNO2. The third-order valence-electron chi connectivity index (χ3n) is 3.47. The van der Waals surface area contributed by atoms with E-state index in [0.717, 1.165) is 25.7 Å². The van der Waals surface area contributed by atoms with Crippen LogP contribution in [0.5, 0.6) is 0 Å². The van der Waals surface area contributed by atoms with Gasteiger partial charge in [0, 0.05) is 5.69 Å². The van der Waals surface area contributed by atoms with Gasteiger partial charge in [-0.15, -0.1) is 0 Å². The maximum Gasteiger partial charge on any atom is 0.328 e. The van der Waals surface area contributed by atoms with Gasteiger partial charge in [-0.2, -0.15) is 0 Å². The van der Waals surface area contributed by atoms with Gasteiger partial charge in [-0.3, -0.25) is 0 Å². The molecule has 3 nitrogen and oxygen atoms in total. The van der Waals surface area contributed by atoms with Gasteiger partial charge in [0.25, 0.3) is 0 Å². The van der Waals surface area contributed by atoms with Gasteiger partial charge in [0.2, 0.25) is 0 Å². The Bertz CT molecular complexity index is 416. The molecular weight excluding hydrogens is 233 g/mol. The summed E-state index contributed by atoms with van der Waals surface area (Å²) in [6.07, 6.45) is 4.32. The average Bonchev–Trinajstić information content (AvgIpc) is 2.89. The number of nitrogens with one attached hydrogen (secondary N) is 1. The standard InChI is InChI=1S/C14H18FNO2/c1-18-14(17)13(10-5-2-3-6-10)16-12-8-4-7-11(15)9-12/h4,7-10,13,16H,2-3,5-6H2,1H3. The number of benzene rings is 1. The van der Waals surface area contributed by atoms with E-state index in [4.69, 9.17) is 4.74 Å². The third kappa shape index (κ3) is 3.00. The second kappa shape index (κ2) is 5.85. The van der Waals surface area contributed by atoms with Gasteiger partial charge >= 0.3 is 5.97 Å². The van der Waals surface area contributed by atoms with E-state index in [-0.39, 0.29) is 23.7 Å². The second-order valence-electron chi connectivity index (χ2n) is 4.70. The molecule has 98 valence electrons. The Kier molecular flexibility index (Phi) is 4.18. The lowest BCUT2D eigenvalue weighted by atomic mass is 9.98. The highest BCUT2D eigenvalue weighted by Gasteiger charge is 2.31. The van der Waals surface area contributed by atoms with Crippen molar-refractivity contribution in [3.05, 3.63) is 30.1 Å². The Morgan fingerprint density at radius 2 is 2.17 bits per heavy atom. The lowest BCUT2D eigenvalue weighted by Crippen LogP contribution is -2.36. The number of halogens is 1. The van der Waals surface area contributed by atoms with Crippen LogP contribution in [0.1, 0.15) is 25.7 Å². The smallest absolute Gasteiger partial charge is 0.328 e. The van der Waals surface area contributed by atoms with Crippen LogP contribution in [0.2, 0.25) is 0 Å². The SMILES string of the molecule is COC(=O)C(Nc1cccc(F)c1)C1CCCC1. The Balaban J connectivity index is 2.11. The first-order valence-electron chi connectivity index (χ1n) is 6.30. The number of hydrogen-bond donors (Lipinski definition) is 1. The fraction of sp³-hybridized carbons (Fsp3) is 0.500. The zero-order valence-electron chi connectivity index (χ0n) is 10.5. The highest BCUT2D eigenvalue weighted by Crippen LogP contribution is 2.30. The molecule has 18 heavy (non-hydrogen) atoms. The number of rotatable bonds is 4. The van der Waals surface area contributed by atoms with E-state index in [1.54, 1.807) is 12.1 Å². The molecule has 1 saturated carbocycles. The zero-order chi connectivity index (χ0) is 13.0. The molecule has 0 heterocycles. The van der Waals surface area contributed by atoms with E-state index < -0.39 is 0 Å². The van der Waals surface area contributed by atoms with Crippen molar-refractivity contribution in [1.29, 1.82) is 0 Å². The Morgan fingerprint density at radius 3 is 2.78 bits per heavy atom. The minimum absolute atomic E-state index is 0.272. The molecule has 0 aliphatic heterocycles. The molecule has 0 radical (unpaired) electrons. The maximum absolute atomic E-state index is 13.1. The number of esters is 1. The van der Waals surface area contributed by atoms with Crippen LogP contribution >= 0.6 is 0 Å². The Labute approximate surface area is 106 Å². The van der Waals surface area contributed by atoms with E-state index in [0.29, 0.717) is 5.69 Å². The van der Waals surface area contributed by atoms with E-state index in [1.807, 2.05) is 0 Å². The molecule has 0 saturated heterocycles. The topological polar surface area (TPSA) is 38.3 Å². The molecule has 1 atom stereocenters. The first kappa shape index (κ1) is 12.9. The van der Waals surface area contributed by atoms with Crippen molar-refractivity contribution >= 4 is 11.7 Å². The summed E-state index contributed by atoms with van der Waals surface area (Å²) in [5, 5.41) is 3.10. The van der Waals surface area contributed by atoms with E-state index >= 15 is 0 Å². The molecule has 2 rings (SSSR count). The van der Waals surface area contributed by atoms with Gasteiger partial charge in [0.05, 0.1) is 7.11 Å². The predicted octanol–water partition coefficient (Wildman–Crippen LogP) is 2.97. The minimum Gasteiger partial charge on any atom is -0.467 e. The first-order valence-corrected chi connectivity index (χ1v) is 6.30. The highest BCUT2D eigenvalue weighted by atomic mass is 19.1. The summed E-state index contributed by atoms with van der Waals surface area (Å²) >= 11 is 0. The summed E-state index contributed by atoms with van der Waals surface area (Å²) in [6, 6.07) is 5.78. The number of carbonyl (C=O) groups is 1. The van der Waals surface area contributed by atoms with Gasteiger partial charge in [-0.1, -0.05) is 18.9 Å². The van der Waals surface area contributed by atoms with Crippen LogP contribution in [0, 0.1) is 11.7 Å². The highest BCUT2D eigenvalue weighted by molar-refractivity contribution is 5.79. The molecule has 0 bridgehead atoms. The molecule has 0 spiro atoms. The van der Waals surface area contributed by atoms with Crippen molar-refractivity contribution in [3.8, 4) is 0 Å². The largest absolute Gasteiger partial charge is 0.467 e. The summed E-state index contributed by atoms with van der Waals surface area (Å²) in [7, 11) is 1.39. The van der Waals surface area contributed by atoms with Crippen LogP contribution in [-0.2, 0) is 9.53 Å². The van der Waals surface area contributed by atoms with Crippen LogP contribution in [0.3, 0.4) is 0 Å². The van der Waals surface area contributed by atoms with Crippen LogP contribution in [0.15, 0.2) is 24.3 Å². The zero-order valence-corrected chi connectivity index (χ0v) is 10.5. The number of anilines is 1. The van der Waals surface area contributed by atoms with Gasteiger partial charge in [0.15, 0.2) is 0 Å². The quantitative estimate of drug-likeness (QED) is 0.836. The van der Waals surface area contributed by atoms with Crippen LogP contribution in [0.4, 0.5) is 10.1 Å². The number of ether oxygens (including phenoxy) is 1. The molecule has 0 aromatic heterocycles. The van der Waals surface area contributed by atoms with Crippen LogP contribution in [-0.4, -0.2) is 19.1 Å². The summed E-state index contributed by atoms with van der Waals surface area (Å²) < 4.78 is 18.0. The van der Waals surface area contributed by atoms with E-state index in [9.17, 15) is 9.18 Å². The lowest BCUT2D eigenvalue weighted by molar-refractivity contribution is -0.142. The molecule has 1 aromatic carbocycles. The molecule has 1 aliphatic carbocycles. The fourth-order valence-corrected chi connectivity index (χ4v) is 2.54. The second-order valence-corrected chi connectivity index (χ2v) is 4.70. The summed E-state index contributed by atoms with van der Waals surface area (Å²) in [5.74, 6) is -0.304. The summed E-state index contributed by atoms with van der Waals surface area (Å²) in [6.45, 7) is 0. The normalized spacial score (nSPS) is 17.4. The van der Waals surface area contributed by atoms with Gasteiger partial charge < -0.3 is 10.1 Å². The Hall–Kier alpha value is -1.58. The van der Waals surface area contributed by atoms with Crippen molar-refractivity contribution < 1.29 is 13.9 Å². The molecule has 1 fully saturated rings. The van der Waals surface area contributed by atoms with Gasteiger partial charge in [-0.05, 0) is 37.0 Å². The lowest BCUT2D eigenvalue weighted by Gasteiger charge is -2.23. The third-order valence-corrected chi connectivity index (χ3v) is 3.47. The number of hydrogen-bond acceptors (Lipinski definition) is 3.